The number of hydrogen-bond acceptors (Lipinski definition) is 5. The summed E-state index contributed by atoms with van der Waals surface area (Å²) in [6, 6.07) is 6.70. The summed E-state index contributed by atoms with van der Waals surface area (Å²) in [4.78, 5) is 23.0. The Morgan fingerprint density at radius 2 is 2.08 bits per heavy atom. The highest BCUT2D eigenvalue weighted by Gasteiger charge is 2.39. The van der Waals surface area contributed by atoms with Crippen molar-refractivity contribution in [3.63, 3.8) is 0 Å². The van der Waals surface area contributed by atoms with Gasteiger partial charge < -0.3 is 14.6 Å². The van der Waals surface area contributed by atoms with E-state index in [1.807, 2.05) is 18.3 Å². The van der Waals surface area contributed by atoms with E-state index in [4.69, 9.17) is 4.74 Å². The first-order chi connectivity index (χ1) is 17.8. The first-order valence-corrected chi connectivity index (χ1v) is 11.7. The third-order valence-corrected chi connectivity index (χ3v) is 6.69. The van der Waals surface area contributed by atoms with Gasteiger partial charge in [-0.15, -0.1) is 0 Å². The monoisotopic (exact) mass is 509 g/mol. The second-order valence-corrected chi connectivity index (χ2v) is 8.90. The van der Waals surface area contributed by atoms with Crippen LogP contribution in [0.2, 0.25) is 0 Å². The van der Waals surface area contributed by atoms with E-state index >= 15 is 0 Å². The van der Waals surface area contributed by atoms with Crippen LogP contribution in [0.3, 0.4) is 0 Å². The van der Waals surface area contributed by atoms with Gasteiger partial charge in [-0.25, -0.2) is 14.0 Å². The van der Waals surface area contributed by atoms with Crippen molar-refractivity contribution < 1.29 is 22.7 Å². The summed E-state index contributed by atoms with van der Waals surface area (Å²) in [7, 11) is 1.63. The standard InChI is InChI=1S/C25H22F3N7O2/c1-37-10-7-15-4-5-20-16(12-31-35(20)13-15)24(36)33-9-6-18-22(30-14-29-18)23(33)19-11-21-17(25(26,27)28)3-2-8-34(21)32-19/h2-5,8,11-14,23H,6-7,9-10H2,1H3,(H,29,30)/t23-/m0/s1. The van der Waals surface area contributed by atoms with Gasteiger partial charge in [0.05, 0.1) is 52.7 Å². The van der Waals surface area contributed by atoms with Crippen LogP contribution in [-0.2, 0) is 23.8 Å². The smallest absolute Gasteiger partial charge is 0.384 e. The van der Waals surface area contributed by atoms with E-state index in [2.05, 4.69) is 20.2 Å². The number of rotatable bonds is 5. The maximum absolute atomic E-state index is 13.9. The van der Waals surface area contributed by atoms with Gasteiger partial charge in [-0.3, -0.25) is 4.79 Å². The summed E-state index contributed by atoms with van der Waals surface area (Å²) in [6.45, 7) is 0.900. The zero-order valence-corrected chi connectivity index (χ0v) is 19.7. The van der Waals surface area contributed by atoms with Gasteiger partial charge in [0, 0.05) is 38.2 Å². The molecule has 0 spiro atoms. The van der Waals surface area contributed by atoms with Crippen LogP contribution in [-0.4, -0.2) is 60.3 Å². The van der Waals surface area contributed by atoms with Crippen LogP contribution >= 0.6 is 0 Å². The molecule has 1 atom stereocenters. The van der Waals surface area contributed by atoms with Crippen LogP contribution in [0.4, 0.5) is 13.2 Å². The molecule has 0 radical (unpaired) electrons. The number of H-pyrrole nitrogens is 1. The van der Waals surface area contributed by atoms with Gasteiger partial charge in [-0.1, -0.05) is 6.07 Å². The van der Waals surface area contributed by atoms with Crippen molar-refractivity contribution in [3.8, 4) is 0 Å². The number of nitrogens with zero attached hydrogens (tertiary/aromatic N) is 6. The Hall–Kier alpha value is -4.19. The van der Waals surface area contributed by atoms with Gasteiger partial charge in [-0.05, 0) is 36.2 Å². The molecule has 0 aromatic carbocycles. The average Bonchev–Trinajstić information content (AvgIpc) is 3.62. The number of hydrogen-bond donors (Lipinski definition) is 1. The Morgan fingerprint density at radius 1 is 1.22 bits per heavy atom. The zero-order chi connectivity index (χ0) is 25.7. The summed E-state index contributed by atoms with van der Waals surface area (Å²) in [5, 5.41) is 8.81. The summed E-state index contributed by atoms with van der Waals surface area (Å²) >= 11 is 0. The van der Waals surface area contributed by atoms with Crippen LogP contribution in [0.25, 0.3) is 11.0 Å². The van der Waals surface area contributed by atoms with E-state index in [0.29, 0.717) is 48.5 Å². The molecular weight excluding hydrogens is 487 g/mol. The van der Waals surface area contributed by atoms with Crippen LogP contribution in [0, 0.1) is 0 Å². The molecular formula is C25H22F3N7O2. The normalized spacial score (nSPS) is 16.0. The van der Waals surface area contributed by atoms with E-state index in [9.17, 15) is 18.0 Å². The maximum Gasteiger partial charge on any atom is 0.418 e. The molecule has 37 heavy (non-hydrogen) atoms. The number of carbonyl (C=O) groups excluding carboxylic acids is 1. The Kier molecular flexibility index (Phi) is 5.48. The van der Waals surface area contributed by atoms with Gasteiger partial charge in [0.1, 0.15) is 6.04 Å². The Bertz CT molecular complexity index is 1620. The third kappa shape index (κ3) is 3.93. The number of carbonyl (C=O) groups is 1. The highest BCUT2D eigenvalue weighted by molar-refractivity contribution is 6.01. The second-order valence-electron chi connectivity index (χ2n) is 8.90. The van der Waals surface area contributed by atoms with E-state index in [0.717, 1.165) is 17.3 Å². The lowest BCUT2D eigenvalue weighted by atomic mass is 9.98. The van der Waals surface area contributed by atoms with Gasteiger partial charge in [0.15, 0.2) is 0 Å². The van der Waals surface area contributed by atoms with Gasteiger partial charge in [0.2, 0.25) is 0 Å². The Balaban J connectivity index is 1.42. The van der Waals surface area contributed by atoms with Crippen LogP contribution in [0.5, 0.6) is 0 Å². The Morgan fingerprint density at radius 3 is 2.89 bits per heavy atom. The van der Waals surface area contributed by atoms with Crippen molar-refractivity contribution in [2.75, 3.05) is 20.3 Å². The fourth-order valence-corrected chi connectivity index (χ4v) is 4.92. The number of aromatic nitrogens is 6. The number of aromatic amines is 1. The van der Waals surface area contributed by atoms with Crippen molar-refractivity contribution in [2.45, 2.75) is 25.1 Å². The topological polar surface area (TPSA) is 92.8 Å². The molecule has 5 aromatic rings. The number of imidazole rings is 1. The molecule has 0 bridgehead atoms. The number of nitrogens with one attached hydrogen (secondary N) is 1. The lowest BCUT2D eigenvalue weighted by Gasteiger charge is -2.33. The summed E-state index contributed by atoms with van der Waals surface area (Å²) in [5.41, 5.74) is 2.85. The predicted octanol–water partition coefficient (Wildman–Crippen LogP) is 3.70. The number of pyridine rings is 2. The van der Waals surface area contributed by atoms with Crippen molar-refractivity contribution in [1.29, 1.82) is 0 Å². The quantitative estimate of drug-likeness (QED) is 0.390. The molecule has 9 nitrogen and oxygen atoms in total. The van der Waals surface area contributed by atoms with Crippen LogP contribution < -0.4 is 0 Å². The van der Waals surface area contributed by atoms with Crippen LogP contribution in [0.1, 0.15) is 44.6 Å². The van der Waals surface area contributed by atoms with Crippen molar-refractivity contribution in [3.05, 3.63) is 89.0 Å². The van der Waals surface area contributed by atoms with Gasteiger partial charge in [0.25, 0.3) is 5.91 Å². The molecule has 1 amide bonds. The van der Waals surface area contributed by atoms with E-state index in [-0.39, 0.29) is 11.4 Å². The predicted molar refractivity (Wildman–Crippen MR) is 126 cm³/mol. The van der Waals surface area contributed by atoms with E-state index in [1.165, 1.54) is 35.4 Å². The molecule has 0 unspecified atom stereocenters. The zero-order valence-electron chi connectivity index (χ0n) is 19.7. The third-order valence-electron chi connectivity index (χ3n) is 6.69. The molecule has 1 aliphatic rings. The molecule has 0 aliphatic carbocycles. The highest BCUT2D eigenvalue weighted by Crippen LogP contribution is 2.37. The molecule has 6 heterocycles. The SMILES string of the molecule is COCCc1ccc2c(C(=O)N3CCc4[nH]cnc4[C@@H]3c3cc4c(C(F)(F)F)cccn4n3)cnn2c1. The number of halogens is 3. The maximum atomic E-state index is 13.9. The van der Waals surface area contributed by atoms with Gasteiger partial charge >= 0.3 is 6.18 Å². The largest absolute Gasteiger partial charge is 0.418 e. The number of alkyl halides is 3. The average molecular weight is 509 g/mol. The minimum Gasteiger partial charge on any atom is -0.384 e. The molecule has 190 valence electrons. The van der Waals surface area contributed by atoms with Crippen molar-refractivity contribution in [2.24, 2.45) is 0 Å². The summed E-state index contributed by atoms with van der Waals surface area (Å²) in [6.07, 6.45) is 3.04. The lowest BCUT2D eigenvalue weighted by Crippen LogP contribution is -2.41. The lowest BCUT2D eigenvalue weighted by molar-refractivity contribution is -0.136. The highest BCUT2D eigenvalue weighted by atomic mass is 19.4. The molecule has 0 fully saturated rings. The molecule has 0 saturated carbocycles. The van der Waals surface area contributed by atoms with E-state index < -0.39 is 17.8 Å². The van der Waals surface area contributed by atoms with Crippen LogP contribution in [0.15, 0.2) is 55.2 Å². The molecule has 6 rings (SSSR count). The van der Waals surface area contributed by atoms with Crippen molar-refractivity contribution >= 4 is 16.9 Å². The number of amides is 1. The summed E-state index contributed by atoms with van der Waals surface area (Å²) in [5.74, 6) is -0.300. The molecule has 1 N–H and O–H groups in total. The van der Waals surface area contributed by atoms with Crippen molar-refractivity contribution in [1.82, 2.24) is 34.1 Å². The molecule has 1 aliphatic heterocycles. The summed E-state index contributed by atoms with van der Waals surface area (Å²) < 4.78 is 48.9. The fraction of sp³-hybridized carbons (Fsp3) is 0.280. The van der Waals surface area contributed by atoms with Gasteiger partial charge in [-0.2, -0.15) is 23.4 Å². The Labute approximate surface area is 208 Å². The molecule has 5 aromatic heterocycles. The number of methoxy groups -OCH3 is 1. The minimum atomic E-state index is -4.54. The first-order valence-electron chi connectivity index (χ1n) is 11.7. The van der Waals surface area contributed by atoms with E-state index in [1.54, 1.807) is 16.5 Å². The number of fused-ring (bicyclic) bond motifs is 3. The molecule has 12 heteroatoms. The first kappa shape index (κ1) is 23.2. The second kappa shape index (κ2) is 8.73. The molecule has 0 saturated heterocycles. The fourth-order valence-electron chi connectivity index (χ4n) is 4.92. The number of ether oxygens (including phenoxy) is 1. The minimum absolute atomic E-state index is 0.0837.